The number of urea groups is 1. The summed E-state index contributed by atoms with van der Waals surface area (Å²) in [5.74, 6) is -1.56. The van der Waals surface area contributed by atoms with Crippen molar-refractivity contribution >= 4 is 12.0 Å². The standard InChI is InChI=1S/C13H24N2O5/c1-3-15(11-9-20-8-10(11)12(16)17)13(18)14-6-4-5-7-19-2/h10-11H,3-9H2,1-2H3,(H,14,18)(H,16,17). The van der Waals surface area contributed by atoms with E-state index in [0.717, 1.165) is 12.8 Å². The maximum Gasteiger partial charge on any atom is 0.317 e. The summed E-state index contributed by atoms with van der Waals surface area (Å²) in [7, 11) is 1.64. The molecule has 0 aromatic rings. The molecule has 20 heavy (non-hydrogen) atoms. The monoisotopic (exact) mass is 288 g/mol. The number of carbonyl (C=O) groups is 2. The highest BCUT2D eigenvalue weighted by atomic mass is 16.5. The Kier molecular flexibility index (Phi) is 7.32. The van der Waals surface area contributed by atoms with Gasteiger partial charge in [-0.2, -0.15) is 0 Å². The Morgan fingerprint density at radius 1 is 1.40 bits per heavy atom. The number of carboxylic acid groups (broad SMARTS) is 1. The SMILES string of the molecule is CCN(C(=O)NCCCCOC)C1COCC1C(=O)O. The van der Waals surface area contributed by atoms with E-state index < -0.39 is 17.9 Å². The first-order valence-electron chi connectivity index (χ1n) is 6.95. The third-order valence-electron chi connectivity index (χ3n) is 3.42. The van der Waals surface area contributed by atoms with Crippen molar-refractivity contribution < 1.29 is 24.2 Å². The minimum Gasteiger partial charge on any atom is -0.481 e. The first-order chi connectivity index (χ1) is 9.61. The molecule has 1 heterocycles. The molecule has 2 amide bonds. The minimum absolute atomic E-state index is 0.164. The molecule has 1 rings (SSSR count). The van der Waals surface area contributed by atoms with Crippen molar-refractivity contribution in [3.8, 4) is 0 Å². The molecule has 2 N–H and O–H groups in total. The van der Waals surface area contributed by atoms with Crippen LogP contribution in [0.4, 0.5) is 4.79 Å². The normalized spacial score (nSPS) is 21.7. The van der Waals surface area contributed by atoms with Crippen molar-refractivity contribution in [3.05, 3.63) is 0 Å². The molecule has 0 aliphatic carbocycles. The summed E-state index contributed by atoms with van der Waals surface area (Å²) >= 11 is 0. The minimum atomic E-state index is -0.918. The molecule has 116 valence electrons. The number of carbonyl (C=O) groups excluding carboxylic acids is 1. The Bertz CT molecular complexity index is 324. The molecular formula is C13H24N2O5. The zero-order valence-electron chi connectivity index (χ0n) is 12.1. The average Bonchev–Trinajstić information content (AvgIpc) is 2.89. The van der Waals surface area contributed by atoms with Crippen LogP contribution in [0.15, 0.2) is 0 Å². The van der Waals surface area contributed by atoms with Crippen molar-refractivity contribution in [2.45, 2.75) is 25.8 Å². The summed E-state index contributed by atoms with van der Waals surface area (Å²) in [5.41, 5.74) is 0. The van der Waals surface area contributed by atoms with Crippen LogP contribution in [0.25, 0.3) is 0 Å². The summed E-state index contributed by atoms with van der Waals surface area (Å²) in [6.45, 7) is 3.97. The topological polar surface area (TPSA) is 88.1 Å². The summed E-state index contributed by atoms with van der Waals surface area (Å²) < 4.78 is 10.1. The molecule has 0 saturated carbocycles. The fourth-order valence-corrected chi connectivity index (χ4v) is 2.28. The van der Waals surface area contributed by atoms with Gasteiger partial charge < -0.3 is 24.8 Å². The molecular weight excluding hydrogens is 264 g/mol. The lowest BCUT2D eigenvalue weighted by molar-refractivity contribution is -0.142. The van der Waals surface area contributed by atoms with Crippen LogP contribution in [0.2, 0.25) is 0 Å². The van der Waals surface area contributed by atoms with Crippen LogP contribution in [-0.2, 0) is 14.3 Å². The molecule has 7 heteroatoms. The van der Waals surface area contributed by atoms with Crippen molar-refractivity contribution in [2.75, 3.05) is 40.0 Å². The highest BCUT2D eigenvalue weighted by Gasteiger charge is 2.39. The second-order valence-corrected chi connectivity index (χ2v) is 4.77. The Hall–Kier alpha value is -1.34. The fraction of sp³-hybridized carbons (Fsp3) is 0.846. The van der Waals surface area contributed by atoms with Crippen molar-refractivity contribution in [2.24, 2.45) is 5.92 Å². The van der Waals surface area contributed by atoms with Crippen LogP contribution < -0.4 is 5.32 Å². The lowest BCUT2D eigenvalue weighted by Crippen LogP contribution is -2.50. The van der Waals surface area contributed by atoms with Gasteiger partial charge in [-0.15, -0.1) is 0 Å². The largest absolute Gasteiger partial charge is 0.481 e. The summed E-state index contributed by atoms with van der Waals surface area (Å²) in [6, 6.07) is -0.622. The molecule has 1 saturated heterocycles. The predicted octanol–water partition coefficient (Wildman–Crippen LogP) is 0.544. The number of hydrogen-bond donors (Lipinski definition) is 2. The quantitative estimate of drug-likeness (QED) is 0.637. The first kappa shape index (κ1) is 16.7. The van der Waals surface area contributed by atoms with E-state index in [4.69, 9.17) is 14.6 Å². The molecule has 0 aromatic heterocycles. The van der Waals surface area contributed by atoms with Crippen LogP contribution in [0.1, 0.15) is 19.8 Å². The third-order valence-corrected chi connectivity index (χ3v) is 3.42. The zero-order chi connectivity index (χ0) is 15.0. The molecule has 0 radical (unpaired) electrons. The van der Waals surface area contributed by atoms with E-state index in [0.29, 0.717) is 19.7 Å². The molecule has 0 spiro atoms. The van der Waals surface area contributed by atoms with Gasteiger partial charge in [0.2, 0.25) is 0 Å². The van der Waals surface area contributed by atoms with Gasteiger partial charge in [-0.1, -0.05) is 0 Å². The van der Waals surface area contributed by atoms with Crippen LogP contribution in [0.5, 0.6) is 0 Å². The Balaban J connectivity index is 2.44. The van der Waals surface area contributed by atoms with Crippen LogP contribution in [0, 0.1) is 5.92 Å². The number of unbranched alkanes of at least 4 members (excludes halogenated alkanes) is 1. The number of likely N-dealkylation sites (N-methyl/N-ethyl adjacent to an activating group) is 1. The van der Waals surface area contributed by atoms with E-state index in [-0.39, 0.29) is 19.2 Å². The number of methoxy groups -OCH3 is 1. The fourth-order valence-electron chi connectivity index (χ4n) is 2.28. The molecule has 7 nitrogen and oxygen atoms in total. The second-order valence-electron chi connectivity index (χ2n) is 4.77. The number of aliphatic carboxylic acids is 1. The third kappa shape index (κ3) is 4.64. The molecule has 2 atom stereocenters. The van der Waals surface area contributed by atoms with Gasteiger partial charge in [-0.25, -0.2) is 4.79 Å². The number of nitrogens with one attached hydrogen (secondary N) is 1. The Morgan fingerprint density at radius 2 is 2.15 bits per heavy atom. The number of rotatable bonds is 8. The number of nitrogens with zero attached hydrogens (tertiary/aromatic N) is 1. The molecule has 1 fully saturated rings. The summed E-state index contributed by atoms with van der Waals surface area (Å²) in [6.07, 6.45) is 1.72. The van der Waals surface area contributed by atoms with Crippen molar-refractivity contribution in [1.82, 2.24) is 10.2 Å². The van der Waals surface area contributed by atoms with Gasteiger partial charge in [-0.3, -0.25) is 4.79 Å². The van der Waals surface area contributed by atoms with E-state index in [9.17, 15) is 9.59 Å². The van der Waals surface area contributed by atoms with Gasteiger partial charge in [0.1, 0.15) is 5.92 Å². The average molecular weight is 288 g/mol. The number of hydrogen-bond acceptors (Lipinski definition) is 4. The molecule has 1 aliphatic heterocycles. The first-order valence-corrected chi connectivity index (χ1v) is 6.95. The number of amides is 2. The van der Waals surface area contributed by atoms with E-state index in [1.165, 1.54) is 0 Å². The smallest absolute Gasteiger partial charge is 0.317 e. The maximum absolute atomic E-state index is 12.1. The van der Waals surface area contributed by atoms with Crippen molar-refractivity contribution in [3.63, 3.8) is 0 Å². The lowest BCUT2D eigenvalue weighted by atomic mass is 10.0. The summed E-state index contributed by atoms with van der Waals surface area (Å²) in [5, 5.41) is 11.9. The number of ether oxygens (including phenoxy) is 2. The maximum atomic E-state index is 12.1. The van der Waals surface area contributed by atoms with E-state index in [1.54, 1.807) is 12.0 Å². The van der Waals surface area contributed by atoms with Gasteiger partial charge >= 0.3 is 12.0 Å². The highest BCUT2D eigenvalue weighted by molar-refractivity contribution is 5.77. The van der Waals surface area contributed by atoms with Crippen LogP contribution >= 0.6 is 0 Å². The molecule has 1 aliphatic rings. The van der Waals surface area contributed by atoms with Crippen LogP contribution in [-0.4, -0.2) is 68.1 Å². The van der Waals surface area contributed by atoms with Gasteiger partial charge in [0, 0.05) is 26.8 Å². The second kappa shape index (κ2) is 8.76. The van der Waals surface area contributed by atoms with E-state index in [1.807, 2.05) is 6.92 Å². The van der Waals surface area contributed by atoms with Gasteiger partial charge in [-0.05, 0) is 19.8 Å². The molecule has 0 bridgehead atoms. The Labute approximate surface area is 119 Å². The lowest BCUT2D eigenvalue weighted by Gasteiger charge is -2.29. The highest BCUT2D eigenvalue weighted by Crippen LogP contribution is 2.20. The summed E-state index contributed by atoms with van der Waals surface area (Å²) in [4.78, 5) is 24.8. The molecule has 0 aromatic carbocycles. The van der Waals surface area contributed by atoms with Gasteiger partial charge in [0.05, 0.1) is 19.3 Å². The predicted molar refractivity (Wildman–Crippen MR) is 72.6 cm³/mol. The van der Waals surface area contributed by atoms with Crippen LogP contribution in [0.3, 0.4) is 0 Å². The molecule has 2 unspecified atom stereocenters. The number of carboxylic acids is 1. The zero-order valence-corrected chi connectivity index (χ0v) is 12.1. The van der Waals surface area contributed by atoms with E-state index in [2.05, 4.69) is 5.32 Å². The van der Waals surface area contributed by atoms with Gasteiger partial charge in [0.25, 0.3) is 0 Å². The van der Waals surface area contributed by atoms with Gasteiger partial charge in [0.15, 0.2) is 0 Å². The van der Waals surface area contributed by atoms with Crippen molar-refractivity contribution in [1.29, 1.82) is 0 Å². The Morgan fingerprint density at radius 3 is 2.75 bits per heavy atom. The van der Waals surface area contributed by atoms with E-state index >= 15 is 0 Å².